The summed E-state index contributed by atoms with van der Waals surface area (Å²) in [7, 11) is 1.63. The predicted molar refractivity (Wildman–Crippen MR) is 69.0 cm³/mol. The first-order valence-electron chi connectivity index (χ1n) is 5.80. The van der Waals surface area contributed by atoms with Gasteiger partial charge in [-0.25, -0.2) is 0 Å². The van der Waals surface area contributed by atoms with E-state index in [4.69, 9.17) is 17.0 Å². The van der Waals surface area contributed by atoms with Crippen LogP contribution in [0.1, 0.15) is 26.2 Å². The topological polar surface area (TPSA) is 42.8 Å². The summed E-state index contributed by atoms with van der Waals surface area (Å²) >= 11 is 5.41. The molecule has 2 aromatic heterocycles. The maximum absolute atomic E-state index is 5.41. The van der Waals surface area contributed by atoms with Gasteiger partial charge in [0.2, 0.25) is 5.88 Å². The summed E-state index contributed by atoms with van der Waals surface area (Å²) in [5.41, 5.74) is 2.00. The number of pyridine rings is 1. The maximum Gasteiger partial charge on any atom is 0.215 e. The Labute approximate surface area is 105 Å². The lowest BCUT2D eigenvalue weighted by Gasteiger charge is -2.39. The van der Waals surface area contributed by atoms with Gasteiger partial charge in [0.05, 0.1) is 12.6 Å². The molecule has 4 nitrogen and oxygen atoms in total. The Morgan fingerprint density at radius 1 is 1.47 bits per heavy atom. The number of hydrogen-bond donors (Lipinski definition) is 1. The fourth-order valence-electron chi connectivity index (χ4n) is 2.49. The summed E-state index contributed by atoms with van der Waals surface area (Å²) in [6.45, 7) is 2.24. The van der Waals surface area contributed by atoms with Crippen LogP contribution in [0.2, 0.25) is 0 Å². The molecular weight excluding hydrogens is 234 g/mol. The summed E-state index contributed by atoms with van der Waals surface area (Å²) < 4.78 is 8.07. The van der Waals surface area contributed by atoms with Gasteiger partial charge in [0.25, 0.3) is 0 Å². The molecule has 90 valence electrons. The molecule has 1 aliphatic carbocycles. The smallest absolute Gasteiger partial charge is 0.215 e. The maximum atomic E-state index is 5.41. The summed E-state index contributed by atoms with van der Waals surface area (Å²) in [6, 6.07) is 3.82. The molecule has 0 aliphatic heterocycles. The minimum Gasteiger partial charge on any atom is -0.481 e. The van der Waals surface area contributed by atoms with Crippen molar-refractivity contribution in [3.05, 3.63) is 16.9 Å². The largest absolute Gasteiger partial charge is 0.481 e. The van der Waals surface area contributed by atoms with Crippen LogP contribution in [0.15, 0.2) is 12.1 Å². The number of aromatic amines is 1. The lowest BCUT2D eigenvalue weighted by molar-refractivity contribution is 0.171. The van der Waals surface area contributed by atoms with Gasteiger partial charge in [-0.3, -0.25) is 4.57 Å². The van der Waals surface area contributed by atoms with Crippen LogP contribution in [-0.4, -0.2) is 21.6 Å². The van der Waals surface area contributed by atoms with Crippen LogP contribution in [0.3, 0.4) is 0 Å². The molecule has 17 heavy (non-hydrogen) atoms. The monoisotopic (exact) mass is 249 g/mol. The van der Waals surface area contributed by atoms with Crippen molar-refractivity contribution in [2.24, 2.45) is 0 Å². The predicted octanol–water partition coefficient (Wildman–Crippen LogP) is 3.00. The highest BCUT2D eigenvalue weighted by Crippen LogP contribution is 2.40. The van der Waals surface area contributed by atoms with Crippen molar-refractivity contribution < 1.29 is 4.74 Å². The molecule has 0 atom stereocenters. The average Bonchev–Trinajstić information content (AvgIpc) is 2.61. The SMILES string of the molecule is COc1ccc2[nH]c(=S)n(C3(C)CCC3)c2n1. The number of rotatable bonds is 2. The van der Waals surface area contributed by atoms with Crippen molar-refractivity contribution in [3.63, 3.8) is 0 Å². The van der Waals surface area contributed by atoms with Crippen molar-refractivity contribution >= 4 is 23.4 Å². The number of hydrogen-bond acceptors (Lipinski definition) is 3. The molecule has 0 saturated heterocycles. The van der Waals surface area contributed by atoms with E-state index in [9.17, 15) is 0 Å². The molecule has 0 spiro atoms. The Balaban J connectivity index is 2.28. The molecule has 0 aromatic carbocycles. The number of ether oxygens (including phenoxy) is 1. The van der Waals surface area contributed by atoms with Gasteiger partial charge in [-0.1, -0.05) is 0 Å². The molecule has 0 radical (unpaired) electrons. The molecule has 3 rings (SSSR count). The van der Waals surface area contributed by atoms with Crippen molar-refractivity contribution in [2.75, 3.05) is 7.11 Å². The van der Waals surface area contributed by atoms with Crippen LogP contribution >= 0.6 is 12.2 Å². The molecule has 2 heterocycles. The molecule has 5 heteroatoms. The summed E-state index contributed by atoms with van der Waals surface area (Å²) in [5.74, 6) is 0.628. The molecule has 1 saturated carbocycles. The Kier molecular flexibility index (Phi) is 2.26. The van der Waals surface area contributed by atoms with Crippen molar-refractivity contribution in [2.45, 2.75) is 31.7 Å². The molecule has 1 fully saturated rings. The average molecular weight is 249 g/mol. The second-order valence-electron chi connectivity index (χ2n) is 4.84. The highest BCUT2D eigenvalue weighted by molar-refractivity contribution is 7.71. The van der Waals surface area contributed by atoms with E-state index in [1.165, 1.54) is 6.42 Å². The quantitative estimate of drug-likeness (QED) is 0.832. The normalized spacial score (nSPS) is 18.0. The van der Waals surface area contributed by atoms with Gasteiger partial charge in [-0.05, 0) is 44.5 Å². The van der Waals surface area contributed by atoms with Gasteiger partial charge in [0.1, 0.15) is 0 Å². The zero-order chi connectivity index (χ0) is 12.0. The van der Waals surface area contributed by atoms with Crippen LogP contribution in [0.5, 0.6) is 5.88 Å². The number of aromatic nitrogens is 3. The zero-order valence-corrected chi connectivity index (χ0v) is 10.8. The Morgan fingerprint density at radius 3 is 2.82 bits per heavy atom. The van der Waals surface area contributed by atoms with Crippen LogP contribution in [0, 0.1) is 4.77 Å². The third kappa shape index (κ3) is 1.49. The van der Waals surface area contributed by atoms with Crippen LogP contribution in [0.4, 0.5) is 0 Å². The molecule has 0 unspecified atom stereocenters. The van der Waals surface area contributed by atoms with Crippen LogP contribution in [0.25, 0.3) is 11.2 Å². The van der Waals surface area contributed by atoms with E-state index in [-0.39, 0.29) is 5.54 Å². The summed E-state index contributed by atoms with van der Waals surface area (Å²) in [6.07, 6.45) is 3.58. The first kappa shape index (κ1) is 10.8. The van der Waals surface area contributed by atoms with E-state index in [1.807, 2.05) is 12.1 Å². The third-order valence-corrected chi connectivity index (χ3v) is 3.97. The Bertz CT molecular complexity index is 624. The summed E-state index contributed by atoms with van der Waals surface area (Å²) in [4.78, 5) is 7.72. The minimum atomic E-state index is 0.120. The van der Waals surface area contributed by atoms with E-state index in [0.717, 1.165) is 28.8 Å². The van der Waals surface area contributed by atoms with Gasteiger partial charge in [0.15, 0.2) is 10.4 Å². The fourth-order valence-corrected chi connectivity index (χ4v) is 2.91. The van der Waals surface area contributed by atoms with E-state index >= 15 is 0 Å². The van der Waals surface area contributed by atoms with E-state index in [2.05, 4.69) is 21.5 Å². The molecular formula is C12H15N3OS. The van der Waals surface area contributed by atoms with Gasteiger partial charge >= 0.3 is 0 Å². The lowest BCUT2D eigenvalue weighted by atomic mass is 9.78. The van der Waals surface area contributed by atoms with Crippen LogP contribution < -0.4 is 4.74 Å². The van der Waals surface area contributed by atoms with Crippen molar-refractivity contribution in [1.82, 2.24) is 14.5 Å². The number of nitrogens with one attached hydrogen (secondary N) is 1. The first-order valence-corrected chi connectivity index (χ1v) is 6.21. The molecule has 0 bridgehead atoms. The fraction of sp³-hybridized carbons (Fsp3) is 0.500. The van der Waals surface area contributed by atoms with Gasteiger partial charge in [-0.15, -0.1) is 0 Å². The van der Waals surface area contributed by atoms with E-state index in [1.54, 1.807) is 7.11 Å². The Morgan fingerprint density at radius 2 is 2.24 bits per heavy atom. The molecule has 2 aromatic rings. The van der Waals surface area contributed by atoms with E-state index in [0.29, 0.717) is 5.88 Å². The first-order chi connectivity index (χ1) is 8.14. The number of methoxy groups -OCH3 is 1. The number of nitrogens with zero attached hydrogens (tertiary/aromatic N) is 2. The van der Waals surface area contributed by atoms with Gasteiger partial charge in [0, 0.05) is 11.6 Å². The highest BCUT2D eigenvalue weighted by atomic mass is 32.1. The number of fused-ring (bicyclic) bond motifs is 1. The second-order valence-corrected chi connectivity index (χ2v) is 5.23. The summed E-state index contributed by atoms with van der Waals surface area (Å²) in [5, 5.41) is 0. The number of imidazole rings is 1. The second kappa shape index (κ2) is 3.57. The Hall–Kier alpha value is -1.36. The van der Waals surface area contributed by atoms with Crippen molar-refractivity contribution in [3.8, 4) is 5.88 Å². The number of H-pyrrole nitrogens is 1. The third-order valence-electron chi connectivity index (χ3n) is 3.69. The minimum absolute atomic E-state index is 0.120. The van der Waals surface area contributed by atoms with Crippen LogP contribution in [-0.2, 0) is 5.54 Å². The molecule has 0 amide bonds. The van der Waals surface area contributed by atoms with Gasteiger partial charge in [-0.2, -0.15) is 4.98 Å². The highest BCUT2D eigenvalue weighted by Gasteiger charge is 2.35. The standard InChI is InChI=1S/C12H15N3OS/c1-12(6-3-7-12)15-10-8(13-11(15)17)4-5-9(14-10)16-2/h4-5H,3,6-7H2,1-2H3,(H,13,17). The molecule has 1 aliphatic rings. The van der Waals surface area contributed by atoms with Crippen molar-refractivity contribution in [1.29, 1.82) is 0 Å². The van der Waals surface area contributed by atoms with Gasteiger partial charge < -0.3 is 9.72 Å². The lowest BCUT2D eigenvalue weighted by Crippen LogP contribution is -2.37. The molecule has 1 N–H and O–H groups in total. The zero-order valence-electron chi connectivity index (χ0n) is 9.99. The van der Waals surface area contributed by atoms with E-state index < -0.39 is 0 Å².